The van der Waals surface area contributed by atoms with E-state index in [0.717, 1.165) is 35.1 Å². The fourth-order valence-corrected chi connectivity index (χ4v) is 2.06. The molecule has 0 aromatic carbocycles. The smallest absolute Gasteiger partial charge is 0.304 e. The van der Waals surface area contributed by atoms with E-state index >= 15 is 0 Å². The van der Waals surface area contributed by atoms with E-state index in [1.165, 1.54) is 0 Å². The van der Waals surface area contributed by atoms with Gasteiger partial charge in [-0.3, -0.25) is 4.79 Å². The summed E-state index contributed by atoms with van der Waals surface area (Å²) in [6, 6.07) is 1.87. The molecule has 0 saturated carbocycles. The molecule has 0 unspecified atom stereocenters. The lowest BCUT2D eigenvalue weighted by atomic mass is 10.4. The summed E-state index contributed by atoms with van der Waals surface area (Å²) in [5, 5.41) is 8.03. The van der Waals surface area contributed by atoms with Crippen LogP contribution in [0.4, 0.5) is 11.8 Å². The van der Waals surface area contributed by atoms with Gasteiger partial charge in [-0.2, -0.15) is 4.98 Å². The van der Waals surface area contributed by atoms with Crippen molar-refractivity contribution in [3.8, 4) is 0 Å². The predicted octanol–water partition coefficient (Wildman–Crippen LogP) is 1.58. The molecule has 0 radical (unpaired) electrons. The third-order valence-corrected chi connectivity index (χ3v) is 2.94. The van der Waals surface area contributed by atoms with Crippen LogP contribution in [0.2, 0.25) is 0 Å². The van der Waals surface area contributed by atoms with Gasteiger partial charge < -0.3 is 15.6 Å². The van der Waals surface area contributed by atoms with Crippen LogP contribution in [0.3, 0.4) is 0 Å². The molecule has 7 heteroatoms. The molecule has 0 amide bonds. The van der Waals surface area contributed by atoms with Crippen LogP contribution in [0.5, 0.6) is 0 Å². The molecule has 2 aromatic rings. The lowest BCUT2D eigenvalue weighted by Crippen LogP contribution is -2.08. The van der Waals surface area contributed by atoms with E-state index in [0.29, 0.717) is 12.5 Å². The molecular formula is C11H15N5OS. The van der Waals surface area contributed by atoms with Crippen molar-refractivity contribution in [2.24, 2.45) is 0 Å². The Labute approximate surface area is 109 Å². The first-order valence-corrected chi connectivity index (χ1v) is 6.55. The second-order valence-electron chi connectivity index (χ2n) is 3.78. The van der Waals surface area contributed by atoms with Crippen LogP contribution in [0.25, 0.3) is 0 Å². The number of rotatable bonds is 5. The maximum atomic E-state index is 11.0. The van der Waals surface area contributed by atoms with E-state index in [9.17, 15) is 4.79 Å². The molecule has 0 atom stereocenters. The van der Waals surface area contributed by atoms with Crippen LogP contribution >= 0.6 is 11.3 Å². The molecule has 2 rings (SSSR count). The number of aryl methyl sites for hydroxylation is 1. The van der Waals surface area contributed by atoms with Crippen LogP contribution < -0.4 is 15.5 Å². The van der Waals surface area contributed by atoms with Gasteiger partial charge in [0, 0.05) is 29.4 Å². The Morgan fingerprint density at radius 1 is 1.39 bits per heavy atom. The largest absolute Gasteiger partial charge is 0.364 e. The fraction of sp³-hybridized carbons (Fsp3) is 0.364. The van der Waals surface area contributed by atoms with Gasteiger partial charge in [0.25, 0.3) is 0 Å². The SMILES string of the molecule is CCNc1nc(C)cc(NCc2csc(=O)[nH]2)n1. The molecule has 6 nitrogen and oxygen atoms in total. The predicted molar refractivity (Wildman–Crippen MR) is 73.2 cm³/mol. The molecule has 0 aliphatic carbocycles. The summed E-state index contributed by atoms with van der Waals surface area (Å²) < 4.78 is 0. The lowest BCUT2D eigenvalue weighted by molar-refractivity contribution is 1.01. The third-order valence-electron chi connectivity index (χ3n) is 2.22. The summed E-state index contributed by atoms with van der Waals surface area (Å²) in [4.78, 5) is 22.3. The zero-order valence-corrected chi connectivity index (χ0v) is 11.1. The van der Waals surface area contributed by atoms with Crippen molar-refractivity contribution in [2.75, 3.05) is 17.2 Å². The van der Waals surface area contributed by atoms with Gasteiger partial charge in [0.05, 0.1) is 6.54 Å². The molecule has 2 heterocycles. The first-order chi connectivity index (χ1) is 8.67. The summed E-state index contributed by atoms with van der Waals surface area (Å²) in [6.07, 6.45) is 0. The summed E-state index contributed by atoms with van der Waals surface area (Å²) in [5.41, 5.74) is 1.74. The number of nitrogens with one attached hydrogen (secondary N) is 3. The monoisotopic (exact) mass is 265 g/mol. The highest BCUT2D eigenvalue weighted by Gasteiger charge is 2.02. The summed E-state index contributed by atoms with van der Waals surface area (Å²) in [7, 11) is 0. The number of nitrogens with zero attached hydrogens (tertiary/aromatic N) is 2. The highest BCUT2D eigenvalue weighted by Crippen LogP contribution is 2.10. The Morgan fingerprint density at radius 3 is 2.89 bits per heavy atom. The zero-order valence-electron chi connectivity index (χ0n) is 10.3. The van der Waals surface area contributed by atoms with Gasteiger partial charge in [0.2, 0.25) is 5.95 Å². The average Bonchev–Trinajstić information content (AvgIpc) is 2.72. The number of H-pyrrole nitrogens is 1. The van der Waals surface area contributed by atoms with Crippen molar-refractivity contribution in [1.82, 2.24) is 15.0 Å². The zero-order chi connectivity index (χ0) is 13.0. The average molecular weight is 265 g/mol. The number of thiazole rings is 1. The molecule has 18 heavy (non-hydrogen) atoms. The molecule has 2 aromatic heterocycles. The standard InChI is InChI=1S/C11H15N5OS/c1-3-12-10-14-7(2)4-9(16-10)13-5-8-6-18-11(17)15-8/h4,6H,3,5H2,1-2H3,(H,15,17)(H2,12,13,14,16). The van der Waals surface area contributed by atoms with E-state index in [4.69, 9.17) is 0 Å². The maximum absolute atomic E-state index is 11.0. The van der Waals surface area contributed by atoms with E-state index in [1.54, 1.807) is 5.38 Å². The van der Waals surface area contributed by atoms with Gasteiger partial charge in [-0.05, 0) is 13.8 Å². The van der Waals surface area contributed by atoms with Crippen molar-refractivity contribution in [2.45, 2.75) is 20.4 Å². The topological polar surface area (TPSA) is 82.7 Å². The maximum Gasteiger partial charge on any atom is 0.304 e. The second kappa shape index (κ2) is 5.63. The second-order valence-corrected chi connectivity index (χ2v) is 4.62. The first kappa shape index (κ1) is 12.6. The van der Waals surface area contributed by atoms with Crippen LogP contribution in [-0.4, -0.2) is 21.5 Å². The number of aromatic amines is 1. The highest BCUT2D eigenvalue weighted by molar-refractivity contribution is 7.07. The van der Waals surface area contributed by atoms with Crippen LogP contribution in [0, 0.1) is 6.92 Å². The van der Waals surface area contributed by atoms with Crippen LogP contribution in [0.1, 0.15) is 18.3 Å². The van der Waals surface area contributed by atoms with Gasteiger partial charge in [-0.25, -0.2) is 4.98 Å². The molecule has 0 bridgehead atoms. The molecular weight excluding hydrogens is 250 g/mol. The van der Waals surface area contributed by atoms with E-state index in [-0.39, 0.29) is 4.87 Å². The molecule has 0 saturated heterocycles. The number of hydrogen-bond donors (Lipinski definition) is 3. The Balaban J connectivity index is 2.06. The van der Waals surface area contributed by atoms with E-state index in [2.05, 4.69) is 25.6 Å². The minimum Gasteiger partial charge on any atom is -0.364 e. The van der Waals surface area contributed by atoms with Crippen LogP contribution in [-0.2, 0) is 6.54 Å². The molecule has 0 fully saturated rings. The Kier molecular flexibility index (Phi) is 3.93. The van der Waals surface area contributed by atoms with Gasteiger partial charge >= 0.3 is 4.87 Å². The quantitative estimate of drug-likeness (QED) is 0.764. The number of hydrogen-bond acceptors (Lipinski definition) is 6. The van der Waals surface area contributed by atoms with Crippen LogP contribution in [0.15, 0.2) is 16.2 Å². The minimum atomic E-state index is -0.0426. The first-order valence-electron chi connectivity index (χ1n) is 5.67. The third kappa shape index (κ3) is 3.30. The summed E-state index contributed by atoms with van der Waals surface area (Å²) >= 11 is 1.16. The summed E-state index contributed by atoms with van der Waals surface area (Å²) in [6.45, 7) is 5.23. The van der Waals surface area contributed by atoms with Gasteiger partial charge in [-0.1, -0.05) is 11.3 Å². The van der Waals surface area contributed by atoms with Crippen molar-refractivity contribution < 1.29 is 0 Å². The molecule has 0 spiro atoms. The normalized spacial score (nSPS) is 10.3. The van der Waals surface area contributed by atoms with Crippen molar-refractivity contribution in [3.63, 3.8) is 0 Å². The minimum absolute atomic E-state index is 0.0426. The van der Waals surface area contributed by atoms with E-state index < -0.39 is 0 Å². The lowest BCUT2D eigenvalue weighted by Gasteiger charge is -2.08. The van der Waals surface area contributed by atoms with Gasteiger partial charge in [0.15, 0.2) is 0 Å². The van der Waals surface area contributed by atoms with Gasteiger partial charge in [0.1, 0.15) is 5.82 Å². The van der Waals surface area contributed by atoms with Crippen molar-refractivity contribution in [3.05, 3.63) is 32.5 Å². The molecule has 96 valence electrons. The number of aromatic nitrogens is 3. The number of anilines is 2. The van der Waals surface area contributed by atoms with Crippen molar-refractivity contribution >= 4 is 23.1 Å². The Morgan fingerprint density at radius 2 is 2.22 bits per heavy atom. The molecule has 0 aliphatic rings. The molecule has 0 aliphatic heterocycles. The van der Waals surface area contributed by atoms with E-state index in [1.807, 2.05) is 19.9 Å². The Bertz CT molecular complexity index is 577. The summed E-state index contributed by atoms with van der Waals surface area (Å²) in [5.74, 6) is 1.35. The fourth-order valence-electron chi connectivity index (χ4n) is 1.48. The highest BCUT2D eigenvalue weighted by atomic mass is 32.1. The Hall–Kier alpha value is -1.89. The van der Waals surface area contributed by atoms with Crippen molar-refractivity contribution in [1.29, 1.82) is 0 Å². The molecule has 3 N–H and O–H groups in total. The van der Waals surface area contributed by atoms with Gasteiger partial charge in [-0.15, -0.1) is 0 Å².